The minimum absolute atomic E-state index is 0.623. The third-order valence-corrected chi connectivity index (χ3v) is 3.07. The molecule has 1 heterocycles. The van der Waals surface area contributed by atoms with Crippen LogP contribution in [0, 0.1) is 0 Å². The molecule has 78 valence electrons. The van der Waals surface area contributed by atoms with E-state index in [1.807, 2.05) is 12.1 Å². The minimum atomic E-state index is -3.30. The normalized spacial score (nSPS) is 14.9. The van der Waals surface area contributed by atoms with Crippen LogP contribution in [0.3, 0.4) is 0 Å². The van der Waals surface area contributed by atoms with E-state index in [-0.39, 0.29) is 0 Å². The highest BCUT2D eigenvalue weighted by molar-refractivity contribution is 7.92. The molecule has 1 aliphatic rings. The molecule has 0 N–H and O–H groups in total. The van der Waals surface area contributed by atoms with Crippen molar-refractivity contribution >= 4 is 21.9 Å². The Morgan fingerprint density at radius 3 is 2.73 bits per heavy atom. The number of fused-ring (bicyclic) bond motifs is 1. The second kappa shape index (κ2) is 3.51. The molecule has 2 rings (SSSR count). The predicted molar refractivity (Wildman–Crippen MR) is 60.5 cm³/mol. The van der Waals surface area contributed by atoms with Gasteiger partial charge in [0.05, 0.1) is 11.9 Å². The number of aliphatic imine (C=N–C) groups is 1. The quantitative estimate of drug-likeness (QED) is 0.720. The summed E-state index contributed by atoms with van der Waals surface area (Å²) in [6, 6.07) is 7.21. The van der Waals surface area contributed by atoms with Crippen LogP contribution in [0.25, 0.3) is 0 Å². The van der Waals surface area contributed by atoms with Gasteiger partial charge in [-0.05, 0) is 6.07 Å². The van der Waals surface area contributed by atoms with Crippen LogP contribution in [0.5, 0.6) is 0 Å². The molecule has 1 aromatic rings. The summed E-state index contributed by atoms with van der Waals surface area (Å²) in [4.78, 5) is 3.96. The van der Waals surface area contributed by atoms with E-state index in [9.17, 15) is 8.42 Å². The summed E-state index contributed by atoms with van der Waals surface area (Å²) < 4.78 is 24.3. The van der Waals surface area contributed by atoms with Crippen molar-refractivity contribution in [2.75, 3.05) is 10.6 Å². The highest BCUT2D eigenvalue weighted by Gasteiger charge is 2.17. The molecular weight excluding hydrogens is 212 g/mol. The molecule has 0 spiro atoms. The first-order valence-electron chi connectivity index (χ1n) is 4.37. The second-order valence-electron chi connectivity index (χ2n) is 3.19. The van der Waals surface area contributed by atoms with E-state index in [4.69, 9.17) is 0 Å². The number of benzene rings is 1. The largest absolute Gasteiger partial charge is 0.262 e. The summed E-state index contributed by atoms with van der Waals surface area (Å²) in [5, 5.41) is 0. The van der Waals surface area contributed by atoms with Crippen molar-refractivity contribution in [3.8, 4) is 0 Å². The molecule has 0 amide bonds. The van der Waals surface area contributed by atoms with E-state index in [1.54, 1.807) is 18.3 Å². The lowest BCUT2D eigenvalue weighted by molar-refractivity contribution is 0.601. The SMILES string of the molecule is CS(=O)(=O)N1C=CN=Cc2ccccc21. The molecule has 15 heavy (non-hydrogen) atoms. The highest BCUT2D eigenvalue weighted by Crippen LogP contribution is 2.23. The van der Waals surface area contributed by atoms with Gasteiger partial charge in [0.25, 0.3) is 0 Å². The van der Waals surface area contributed by atoms with Gasteiger partial charge in [0.15, 0.2) is 0 Å². The van der Waals surface area contributed by atoms with E-state index in [2.05, 4.69) is 4.99 Å². The molecule has 0 saturated heterocycles. The highest BCUT2D eigenvalue weighted by atomic mass is 32.2. The third-order valence-electron chi connectivity index (χ3n) is 2.03. The van der Waals surface area contributed by atoms with Crippen molar-refractivity contribution in [2.45, 2.75) is 0 Å². The molecule has 0 fully saturated rings. The molecule has 4 nitrogen and oxygen atoms in total. The minimum Gasteiger partial charge on any atom is -0.262 e. The van der Waals surface area contributed by atoms with Crippen LogP contribution in [0.1, 0.15) is 5.56 Å². The van der Waals surface area contributed by atoms with Gasteiger partial charge in [-0.2, -0.15) is 0 Å². The molecule has 1 aromatic carbocycles. The molecule has 0 aromatic heterocycles. The Morgan fingerprint density at radius 1 is 1.27 bits per heavy atom. The Kier molecular flexibility index (Phi) is 2.32. The summed E-state index contributed by atoms with van der Waals surface area (Å²) in [7, 11) is -3.30. The Bertz CT molecular complexity index is 532. The smallest absolute Gasteiger partial charge is 0.236 e. The number of anilines is 1. The van der Waals surface area contributed by atoms with Crippen molar-refractivity contribution in [1.29, 1.82) is 0 Å². The van der Waals surface area contributed by atoms with E-state index < -0.39 is 10.0 Å². The lowest BCUT2D eigenvalue weighted by Gasteiger charge is -2.18. The van der Waals surface area contributed by atoms with Crippen molar-refractivity contribution in [3.05, 3.63) is 42.2 Å². The monoisotopic (exact) mass is 222 g/mol. The van der Waals surface area contributed by atoms with E-state index in [1.165, 1.54) is 23.0 Å². The van der Waals surface area contributed by atoms with E-state index in [0.29, 0.717) is 5.69 Å². The fourth-order valence-corrected chi connectivity index (χ4v) is 2.19. The van der Waals surface area contributed by atoms with Crippen molar-refractivity contribution in [3.63, 3.8) is 0 Å². The average Bonchev–Trinajstić information content (AvgIpc) is 2.38. The fraction of sp³-hybridized carbons (Fsp3) is 0.100. The maximum absolute atomic E-state index is 11.5. The van der Waals surface area contributed by atoms with E-state index in [0.717, 1.165) is 5.56 Å². The number of hydrogen-bond acceptors (Lipinski definition) is 3. The maximum Gasteiger partial charge on any atom is 0.236 e. The van der Waals surface area contributed by atoms with Crippen LogP contribution in [0.15, 0.2) is 41.7 Å². The van der Waals surface area contributed by atoms with Crippen LogP contribution >= 0.6 is 0 Å². The Morgan fingerprint density at radius 2 is 2.00 bits per heavy atom. The fourth-order valence-electron chi connectivity index (χ4n) is 1.39. The van der Waals surface area contributed by atoms with Crippen LogP contribution in [0.4, 0.5) is 5.69 Å². The molecule has 0 radical (unpaired) electrons. The van der Waals surface area contributed by atoms with E-state index >= 15 is 0 Å². The zero-order chi connectivity index (χ0) is 10.9. The zero-order valence-corrected chi connectivity index (χ0v) is 8.98. The molecule has 0 aliphatic carbocycles. The van der Waals surface area contributed by atoms with Crippen LogP contribution in [0.2, 0.25) is 0 Å². The summed E-state index contributed by atoms with van der Waals surface area (Å²) >= 11 is 0. The average molecular weight is 222 g/mol. The Balaban J connectivity index is 2.64. The standard InChI is InChI=1S/C10H10N2O2S/c1-15(13,14)12-7-6-11-8-9-4-2-3-5-10(9)12/h2-8H,1H3. The van der Waals surface area contributed by atoms with Gasteiger partial charge in [0, 0.05) is 24.2 Å². The molecular formula is C10H10N2O2S. The van der Waals surface area contributed by atoms with Crippen molar-refractivity contribution in [2.24, 2.45) is 4.99 Å². The first-order chi connectivity index (χ1) is 7.09. The summed E-state index contributed by atoms with van der Waals surface area (Å²) in [5.74, 6) is 0. The Hall–Kier alpha value is -1.62. The Labute approximate surface area is 88.6 Å². The number of nitrogens with zero attached hydrogens (tertiary/aromatic N) is 2. The van der Waals surface area contributed by atoms with Gasteiger partial charge in [0.2, 0.25) is 10.0 Å². The lowest BCUT2D eigenvalue weighted by Crippen LogP contribution is -2.24. The number of sulfonamides is 1. The molecule has 0 atom stereocenters. The summed E-state index contributed by atoms with van der Waals surface area (Å²) in [6.45, 7) is 0. The van der Waals surface area contributed by atoms with Crippen LogP contribution < -0.4 is 4.31 Å². The summed E-state index contributed by atoms with van der Waals surface area (Å²) in [5.41, 5.74) is 1.41. The molecule has 5 heteroatoms. The molecule has 0 saturated carbocycles. The summed E-state index contributed by atoms with van der Waals surface area (Å²) in [6.07, 6.45) is 5.70. The van der Waals surface area contributed by atoms with Gasteiger partial charge < -0.3 is 0 Å². The third kappa shape index (κ3) is 1.92. The lowest BCUT2D eigenvalue weighted by atomic mass is 10.2. The number of rotatable bonds is 1. The predicted octanol–water partition coefficient (Wildman–Crippen LogP) is 1.36. The van der Waals surface area contributed by atoms with Gasteiger partial charge in [-0.3, -0.25) is 4.99 Å². The molecule has 0 unspecified atom stereocenters. The second-order valence-corrected chi connectivity index (χ2v) is 5.05. The van der Waals surface area contributed by atoms with Crippen molar-refractivity contribution < 1.29 is 8.42 Å². The molecule has 1 aliphatic heterocycles. The van der Waals surface area contributed by atoms with Gasteiger partial charge in [-0.15, -0.1) is 0 Å². The maximum atomic E-state index is 11.5. The van der Waals surface area contributed by atoms with Gasteiger partial charge in [-0.25, -0.2) is 12.7 Å². The van der Waals surface area contributed by atoms with Gasteiger partial charge in [-0.1, -0.05) is 18.2 Å². The molecule has 0 bridgehead atoms. The van der Waals surface area contributed by atoms with Gasteiger partial charge >= 0.3 is 0 Å². The van der Waals surface area contributed by atoms with Crippen LogP contribution in [-0.4, -0.2) is 20.9 Å². The van der Waals surface area contributed by atoms with Crippen LogP contribution in [-0.2, 0) is 10.0 Å². The topological polar surface area (TPSA) is 49.7 Å². The number of hydrogen-bond donors (Lipinski definition) is 0. The number of para-hydroxylation sites is 1. The zero-order valence-electron chi connectivity index (χ0n) is 8.16. The first kappa shape index (κ1) is 9.92. The first-order valence-corrected chi connectivity index (χ1v) is 6.22. The van der Waals surface area contributed by atoms with Gasteiger partial charge in [0.1, 0.15) is 0 Å². The van der Waals surface area contributed by atoms with Crippen molar-refractivity contribution in [1.82, 2.24) is 0 Å².